The molecular formula is C17H26ClFN2O2. The van der Waals surface area contributed by atoms with Crippen LogP contribution in [0.2, 0.25) is 0 Å². The van der Waals surface area contributed by atoms with Gasteiger partial charge in [0.05, 0.1) is 6.61 Å². The molecule has 1 saturated carbocycles. The minimum Gasteiger partial charge on any atom is -0.491 e. The van der Waals surface area contributed by atoms with Gasteiger partial charge in [0, 0.05) is 12.5 Å². The second-order valence-corrected chi connectivity index (χ2v) is 5.84. The molecule has 3 N–H and O–H groups in total. The molecule has 0 radical (unpaired) electrons. The zero-order chi connectivity index (χ0) is 15.8. The van der Waals surface area contributed by atoms with Gasteiger partial charge >= 0.3 is 0 Å². The summed E-state index contributed by atoms with van der Waals surface area (Å²) in [6.45, 7) is 0.959. The average Bonchev–Trinajstić information content (AvgIpc) is 2.53. The summed E-state index contributed by atoms with van der Waals surface area (Å²) in [6, 6.07) is 6.50. The van der Waals surface area contributed by atoms with E-state index >= 15 is 0 Å². The number of carbonyl (C=O) groups excluding carboxylic acids is 1. The predicted molar refractivity (Wildman–Crippen MR) is 91.3 cm³/mol. The first-order valence-corrected chi connectivity index (χ1v) is 8.07. The molecule has 23 heavy (non-hydrogen) atoms. The van der Waals surface area contributed by atoms with E-state index in [1.54, 1.807) is 18.2 Å². The van der Waals surface area contributed by atoms with Crippen LogP contribution in [-0.4, -0.2) is 25.1 Å². The number of benzene rings is 1. The summed E-state index contributed by atoms with van der Waals surface area (Å²) in [5.74, 6) is 0.285. The van der Waals surface area contributed by atoms with Crippen molar-refractivity contribution in [2.75, 3.05) is 13.2 Å². The molecule has 2 atom stereocenters. The summed E-state index contributed by atoms with van der Waals surface area (Å²) in [6.07, 6.45) is 5.42. The Labute approximate surface area is 143 Å². The lowest BCUT2D eigenvalue weighted by molar-refractivity contribution is -0.122. The molecule has 0 spiro atoms. The molecule has 6 heteroatoms. The van der Waals surface area contributed by atoms with Gasteiger partial charge in [-0.1, -0.05) is 25.0 Å². The highest BCUT2D eigenvalue weighted by Gasteiger charge is 2.24. The van der Waals surface area contributed by atoms with E-state index in [1.165, 1.54) is 12.5 Å². The molecule has 0 aromatic heterocycles. The van der Waals surface area contributed by atoms with Gasteiger partial charge in [-0.25, -0.2) is 4.39 Å². The smallest absolute Gasteiger partial charge is 0.220 e. The third kappa shape index (κ3) is 6.36. The number of amides is 1. The summed E-state index contributed by atoms with van der Waals surface area (Å²) in [5, 5.41) is 3.08. The Morgan fingerprint density at radius 1 is 1.30 bits per heavy atom. The van der Waals surface area contributed by atoms with Crippen LogP contribution in [0.15, 0.2) is 24.3 Å². The molecular weight excluding hydrogens is 319 g/mol. The maximum atomic E-state index is 13.4. The van der Waals surface area contributed by atoms with Crippen molar-refractivity contribution in [2.45, 2.75) is 44.6 Å². The second-order valence-electron chi connectivity index (χ2n) is 5.84. The second kappa shape index (κ2) is 10.4. The number of hydrogen-bond donors (Lipinski definition) is 2. The van der Waals surface area contributed by atoms with Crippen LogP contribution in [0.5, 0.6) is 5.75 Å². The fourth-order valence-electron chi connectivity index (χ4n) is 2.94. The Bertz CT molecular complexity index is 487. The fourth-order valence-corrected chi connectivity index (χ4v) is 2.94. The lowest BCUT2D eigenvalue weighted by Gasteiger charge is -2.31. The molecule has 2 unspecified atom stereocenters. The topological polar surface area (TPSA) is 64.3 Å². The van der Waals surface area contributed by atoms with Crippen molar-refractivity contribution in [3.63, 3.8) is 0 Å². The van der Waals surface area contributed by atoms with E-state index in [1.807, 2.05) is 0 Å². The SMILES string of the molecule is Cl.NCC1CCCCC1NC(=O)CCCOc1ccccc1F. The van der Waals surface area contributed by atoms with E-state index in [-0.39, 0.29) is 35.9 Å². The van der Waals surface area contributed by atoms with Crippen LogP contribution in [0.3, 0.4) is 0 Å². The first-order valence-electron chi connectivity index (χ1n) is 8.07. The van der Waals surface area contributed by atoms with Crippen LogP contribution in [0, 0.1) is 11.7 Å². The minimum absolute atomic E-state index is 0. The molecule has 0 saturated heterocycles. The van der Waals surface area contributed by atoms with Crippen LogP contribution in [-0.2, 0) is 4.79 Å². The largest absolute Gasteiger partial charge is 0.491 e. The van der Waals surface area contributed by atoms with Gasteiger partial charge in [0.25, 0.3) is 0 Å². The van der Waals surface area contributed by atoms with E-state index in [4.69, 9.17) is 10.5 Å². The summed E-state index contributed by atoms with van der Waals surface area (Å²) in [5.41, 5.74) is 5.76. The van der Waals surface area contributed by atoms with E-state index in [9.17, 15) is 9.18 Å². The molecule has 1 aromatic carbocycles. The molecule has 1 aliphatic rings. The zero-order valence-electron chi connectivity index (χ0n) is 13.3. The van der Waals surface area contributed by atoms with Crippen LogP contribution in [0.25, 0.3) is 0 Å². The maximum Gasteiger partial charge on any atom is 0.220 e. The van der Waals surface area contributed by atoms with Crippen molar-refractivity contribution in [1.82, 2.24) is 5.32 Å². The monoisotopic (exact) mass is 344 g/mol. The lowest BCUT2D eigenvalue weighted by Crippen LogP contribution is -2.44. The highest BCUT2D eigenvalue weighted by molar-refractivity contribution is 5.85. The van der Waals surface area contributed by atoms with E-state index in [2.05, 4.69) is 5.32 Å². The number of halogens is 2. The van der Waals surface area contributed by atoms with Gasteiger partial charge in [-0.15, -0.1) is 12.4 Å². The van der Waals surface area contributed by atoms with Gasteiger partial charge in [-0.2, -0.15) is 0 Å². The van der Waals surface area contributed by atoms with E-state index in [0.29, 0.717) is 31.9 Å². The molecule has 0 aliphatic heterocycles. The highest BCUT2D eigenvalue weighted by Crippen LogP contribution is 2.23. The van der Waals surface area contributed by atoms with Crippen molar-refractivity contribution in [3.05, 3.63) is 30.1 Å². The summed E-state index contributed by atoms with van der Waals surface area (Å²) < 4.78 is 18.7. The molecule has 4 nitrogen and oxygen atoms in total. The Morgan fingerprint density at radius 3 is 2.78 bits per heavy atom. The number of ether oxygens (including phenoxy) is 1. The number of para-hydroxylation sites is 1. The van der Waals surface area contributed by atoms with Gasteiger partial charge in [-0.3, -0.25) is 4.79 Å². The summed E-state index contributed by atoms with van der Waals surface area (Å²) >= 11 is 0. The van der Waals surface area contributed by atoms with Crippen molar-refractivity contribution in [2.24, 2.45) is 11.7 Å². The minimum atomic E-state index is -0.375. The Hall–Kier alpha value is -1.33. The van der Waals surface area contributed by atoms with Gasteiger partial charge < -0.3 is 15.8 Å². The molecule has 0 heterocycles. The van der Waals surface area contributed by atoms with Crippen LogP contribution in [0.4, 0.5) is 4.39 Å². The normalized spacial score (nSPS) is 20.4. The van der Waals surface area contributed by atoms with Crippen LogP contribution < -0.4 is 15.8 Å². The predicted octanol–water partition coefficient (Wildman–Crippen LogP) is 3.04. The zero-order valence-corrected chi connectivity index (χ0v) is 14.1. The number of rotatable bonds is 7. The standard InChI is InChI=1S/C17H25FN2O2.ClH/c18-14-7-2-4-9-16(14)22-11-5-10-17(21)20-15-8-3-1-6-13(15)12-19;/h2,4,7,9,13,15H,1,3,5-6,8,10-12,19H2,(H,20,21);1H. The number of nitrogens with two attached hydrogens (primary N) is 1. The summed E-state index contributed by atoms with van der Waals surface area (Å²) in [4.78, 5) is 12.0. The third-order valence-corrected chi connectivity index (χ3v) is 4.20. The van der Waals surface area contributed by atoms with Crippen molar-refractivity contribution in [3.8, 4) is 5.75 Å². The van der Waals surface area contributed by atoms with Crippen molar-refractivity contribution >= 4 is 18.3 Å². The first kappa shape index (κ1) is 19.7. The summed E-state index contributed by atoms with van der Waals surface area (Å²) in [7, 11) is 0. The van der Waals surface area contributed by atoms with Crippen molar-refractivity contribution in [1.29, 1.82) is 0 Å². The number of carbonyl (C=O) groups is 1. The average molecular weight is 345 g/mol. The Balaban J connectivity index is 0.00000264. The molecule has 1 amide bonds. The van der Waals surface area contributed by atoms with Crippen LogP contribution >= 0.6 is 12.4 Å². The maximum absolute atomic E-state index is 13.4. The molecule has 1 aromatic rings. The highest BCUT2D eigenvalue weighted by atomic mass is 35.5. The van der Waals surface area contributed by atoms with Gasteiger partial charge in [0.15, 0.2) is 11.6 Å². The third-order valence-electron chi connectivity index (χ3n) is 4.20. The fraction of sp³-hybridized carbons (Fsp3) is 0.588. The van der Waals surface area contributed by atoms with Gasteiger partial charge in [0.2, 0.25) is 5.91 Å². The van der Waals surface area contributed by atoms with E-state index in [0.717, 1.165) is 19.3 Å². The Kier molecular flexibility index (Phi) is 8.95. The number of hydrogen-bond acceptors (Lipinski definition) is 3. The number of nitrogens with one attached hydrogen (secondary N) is 1. The van der Waals surface area contributed by atoms with E-state index < -0.39 is 0 Å². The quantitative estimate of drug-likeness (QED) is 0.747. The lowest BCUT2D eigenvalue weighted by atomic mass is 9.84. The van der Waals surface area contributed by atoms with Crippen LogP contribution in [0.1, 0.15) is 38.5 Å². The molecule has 1 aliphatic carbocycles. The van der Waals surface area contributed by atoms with Gasteiger partial charge in [-0.05, 0) is 43.9 Å². The molecule has 2 rings (SSSR count). The van der Waals surface area contributed by atoms with Gasteiger partial charge in [0.1, 0.15) is 0 Å². The first-order chi connectivity index (χ1) is 10.7. The Morgan fingerprint density at radius 2 is 2.04 bits per heavy atom. The van der Waals surface area contributed by atoms with Crippen molar-refractivity contribution < 1.29 is 13.9 Å². The molecule has 130 valence electrons. The molecule has 0 bridgehead atoms. The molecule has 1 fully saturated rings.